The molecule has 5 heteroatoms. The lowest BCUT2D eigenvalue weighted by Gasteiger charge is -2.21. The Morgan fingerprint density at radius 1 is 1.12 bits per heavy atom. The zero-order valence-corrected chi connectivity index (χ0v) is 15.4. The number of para-hydroxylation sites is 1. The molecule has 0 spiro atoms. The van der Waals surface area contributed by atoms with Crippen molar-refractivity contribution in [3.63, 3.8) is 0 Å². The molecule has 0 unspecified atom stereocenters. The number of aromatic nitrogens is 1. The van der Waals surface area contributed by atoms with Gasteiger partial charge in [0, 0.05) is 25.8 Å². The fraction of sp³-hybridized carbons (Fsp3) is 0.429. The summed E-state index contributed by atoms with van der Waals surface area (Å²) in [6.07, 6.45) is 7.43. The van der Waals surface area contributed by atoms with E-state index in [4.69, 9.17) is 4.74 Å². The summed E-state index contributed by atoms with van der Waals surface area (Å²) in [5.74, 6) is 1.73. The van der Waals surface area contributed by atoms with Gasteiger partial charge in [-0.1, -0.05) is 31.0 Å². The molecule has 2 heterocycles. The summed E-state index contributed by atoms with van der Waals surface area (Å²) in [5, 5.41) is 2.96. The molecule has 1 saturated heterocycles. The number of carbonyl (C=O) groups excluding carboxylic acids is 1. The summed E-state index contributed by atoms with van der Waals surface area (Å²) in [6.45, 7) is 2.67. The average molecular weight is 353 g/mol. The fourth-order valence-corrected chi connectivity index (χ4v) is 3.33. The van der Waals surface area contributed by atoms with Gasteiger partial charge in [0.05, 0.1) is 12.7 Å². The van der Waals surface area contributed by atoms with Crippen LogP contribution in [0, 0.1) is 0 Å². The number of methoxy groups -OCH3 is 1. The second-order valence-corrected chi connectivity index (χ2v) is 6.62. The summed E-state index contributed by atoms with van der Waals surface area (Å²) in [4.78, 5) is 19.2. The van der Waals surface area contributed by atoms with Crippen LogP contribution in [0.3, 0.4) is 0 Å². The number of nitrogens with zero attached hydrogens (tertiary/aromatic N) is 2. The second kappa shape index (κ2) is 9.22. The number of ether oxygens (including phenoxy) is 1. The minimum absolute atomic E-state index is 0.0881. The molecule has 1 aromatic heterocycles. The lowest BCUT2D eigenvalue weighted by atomic mass is 10.1. The maximum absolute atomic E-state index is 12.3. The smallest absolute Gasteiger partial charge is 0.252 e. The average Bonchev–Trinajstić information content (AvgIpc) is 2.98. The van der Waals surface area contributed by atoms with E-state index in [1.807, 2.05) is 36.4 Å². The highest BCUT2D eigenvalue weighted by molar-refractivity contribution is 5.94. The molecular weight excluding hydrogens is 326 g/mol. The minimum atomic E-state index is -0.0881. The highest BCUT2D eigenvalue weighted by Crippen LogP contribution is 2.18. The number of nitrogens with one attached hydrogen (secondary N) is 1. The van der Waals surface area contributed by atoms with Gasteiger partial charge in [0.15, 0.2) is 0 Å². The first-order valence-corrected chi connectivity index (χ1v) is 9.39. The van der Waals surface area contributed by atoms with E-state index in [0.29, 0.717) is 12.1 Å². The van der Waals surface area contributed by atoms with Gasteiger partial charge in [-0.3, -0.25) is 4.79 Å². The Kier molecular flexibility index (Phi) is 6.47. The highest BCUT2D eigenvalue weighted by Gasteiger charge is 2.12. The van der Waals surface area contributed by atoms with Crippen molar-refractivity contribution in [3.8, 4) is 5.75 Å². The van der Waals surface area contributed by atoms with Gasteiger partial charge in [-0.25, -0.2) is 4.98 Å². The Bertz CT molecular complexity index is 707. The predicted molar refractivity (Wildman–Crippen MR) is 104 cm³/mol. The molecule has 3 rings (SSSR count). The molecule has 0 radical (unpaired) electrons. The van der Waals surface area contributed by atoms with E-state index in [1.54, 1.807) is 13.3 Å². The van der Waals surface area contributed by atoms with Crippen LogP contribution in [0.4, 0.5) is 5.82 Å². The van der Waals surface area contributed by atoms with E-state index in [2.05, 4.69) is 15.2 Å². The van der Waals surface area contributed by atoms with Crippen molar-refractivity contribution in [1.82, 2.24) is 10.3 Å². The number of amides is 1. The lowest BCUT2D eigenvalue weighted by molar-refractivity contribution is 0.0953. The zero-order chi connectivity index (χ0) is 18.2. The Balaban J connectivity index is 1.53. The first-order chi connectivity index (χ1) is 12.8. The summed E-state index contributed by atoms with van der Waals surface area (Å²) in [6, 6.07) is 11.7. The summed E-state index contributed by atoms with van der Waals surface area (Å²) >= 11 is 0. The molecular formula is C21H27N3O2. The summed E-state index contributed by atoms with van der Waals surface area (Å²) < 4.78 is 5.34. The number of hydrogen-bond donors (Lipinski definition) is 1. The van der Waals surface area contributed by atoms with Gasteiger partial charge in [0.25, 0.3) is 5.91 Å². The number of rotatable bonds is 6. The van der Waals surface area contributed by atoms with Gasteiger partial charge < -0.3 is 15.0 Å². The van der Waals surface area contributed by atoms with E-state index in [1.165, 1.54) is 25.7 Å². The lowest BCUT2D eigenvalue weighted by Crippen LogP contribution is -2.27. The Morgan fingerprint density at radius 2 is 1.88 bits per heavy atom. The molecule has 26 heavy (non-hydrogen) atoms. The number of pyridine rings is 1. The third-order valence-corrected chi connectivity index (χ3v) is 4.81. The number of benzene rings is 1. The van der Waals surface area contributed by atoms with Crippen LogP contribution in [-0.4, -0.2) is 37.6 Å². The van der Waals surface area contributed by atoms with Crippen molar-refractivity contribution in [2.45, 2.75) is 32.1 Å². The first kappa shape index (κ1) is 18.2. The number of carbonyl (C=O) groups is 1. The van der Waals surface area contributed by atoms with Crippen molar-refractivity contribution in [1.29, 1.82) is 0 Å². The van der Waals surface area contributed by atoms with Crippen molar-refractivity contribution in [2.75, 3.05) is 31.6 Å². The van der Waals surface area contributed by atoms with Crippen molar-refractivity contribution in [3.05, 3.63) is 53.7 Å². The topological polar surface area (TPSA) is 54.5 Å². The number of anilines is 1. The Morgan fingerprint density at radius 3 is 2.58 bits per heavy atom. The van der Waals surface area contributed by atoms with E-state index >= 15 is 0 Å². The van der Waals surface area contributed by atoms with Crippen LogP contribution >= 0.6 is 0 Å². The van der Waals surface area contributed by atoms with E-state index < -0.39 is 0 Å². The van der Waals surface area contributed by atoms with Gasteiger partial charge >= 0.3 is 0 Å². The predicted octanol–water partition coefficient (Wildman–Crippen LogP) is 3.44. The van der Waals surface area contributed by atoms with E-state index in [0.717, 1.165) is 36.6 Å². The largest absolute Gasteiger partial charge is 0.496 e. The Labute approximate surface area is 155 Å². The van der Waals surface area contributed by atoms with Crippen LogP contribution in [-0.2, 0) is 6.42 Å². The van der Waals surface area contributed by atoms with Gasteiger partial charge in [-0.15, -0.1) is 0 Å². The molecule has 0 atom stereocenters. The molecule has 138 valence electrons. The molecule has 1 aliphatic rings. The molecule has 0 aliphatic carbocycles. The molecule has 1 aromatic carbocycles. The maximum atomic E-state index is 12.3. The van der Waals surface area contributed by atoms with Gasteiger partial charge in [0.2, 0.25) is 0 Å². The molecule has 1 fully saturated rings. The molecule has 2 aromatic rings. The molecule has 1 amide bonds. The normalized spacial score (nSPS) is 14.6. The zero-order valence-electron chi connectivity index (χ0n) is 15.4. The van der Waals surface area contributed by atoms with Crippen molar-refractivity contribution in [2.24, 2.45) is 0 Å². The third kappa shape index (κ3) is 4.75. The van der Waals surface area contributed by atoms with Crippen molar-refractivity contribution < 1.29 is 9.53 Å². The summed E-state index contributed by atoms with van der Waals surface area (Å²) in [5.41, 5.74) is 1.69. The van der Waals surface area contributed by atoms with Crippen LogP contribution in [0.25, 0.3) is 0 Å². The molecule has 0 bridgehead atoms. The van der Waals surface area contributed by atoms with Crippen LogP contribution < -0.4 is 15.0 Å². The van der Waals surface area contributed by atoms with E-state index in [9.17, 15) is 4.79 Å². The van der Waals surface area contributed by atoms with Crippen LogP contribution in [0.1, 0.15) is 41.6 Å². The second-order valence-electron chi connectivity index (χ2n) is 6.62. The molecule has 0 saturated carbocycles. The number of hydrogen-bond acceptors (Lipinski definition) is 4. The van der Waals surface area contributed by atoms with E-state index in [-0.39, 0.29) is 5.91 Å². The standard InChI is InChI=1S/C21H27N3O2/c1-26-19-9-5-4-8-17(19)12-13-22-21(25)18-10-11-20(23-16-18)24-14-6-2-3-7-15-24/h4-5,8-11,16H,2-3,6-7,12-15H2,1H3,(H,22,25). The first-order valence-electron chi connectivity index (χ1n) is 9.39. The van der Waals surface area contributed by atoms with Gasteiger partial charge in [0.1, 0.15) is 11.6 Å². The van der Waals surface area contributed by atoms with Gasteiger partial charge in [-0.05, 0) is 43.0 Å². The van der Waals surface area contributed by atoms with Crippen LogP contribution in [0.2, 0.25) is 0 Å². The van der Waals surface area contributed by atoms with Crippen LogP contribution in [0.15, 0.2) is 42.6 Å². The molecule has 1 N–H and O–H groups in total. The van der Waals surface area contributed by atoms with Gasteiger partial charge in [-0.2, -0.15) is 0 Å². The molecule has 5 nitrogen and oxygen atoms in total. The Hall–Kier alpha value is -2.56. The summed E-state index contributed by atoms with van der Waals surface area (Å²) in [7, 11) is 1.66. The maximum Gasteiger partial charge on any atom is 0.252 e. The molecule has 1 aliphatic heterocycles. The highest BCUT2D eigenvalue weighted by atomic mass is 16.5. The third-order valence-electron chi connectivity index (χ3n) is 4.81. The monoisotopic (exact) mass is 353 g/mol. The van der Waals surface area contributed by atoms with Crippen LogP contribution in [0.5, 0.6) is 5.75 Å². The van der Waals surface area contributed by atoms with Crippen molar-refractivity contribution >= 4 is 11.7 Å². The fourth-order valence-electron chi connectivity index (χ4n) is 3.33. The SMILES string of the molecule is COc1ccccc1CCNC(=O)c1ccc(N2CCCCCC2)nc1. The quantitative estimate of drug-likeness (QED) is 0.864. The minimum Gasteiger partial charge on any atom is -0.496 e.